The normalized spacial score (nSPS) is 14.7. The number of carbonyl (C=O) groups is 1. The second-order valence-electron chi connectivity index (χ2n) is 5.83. The minimum Gasteiger partial charge on any atom is -0.325 e. The van der Waals surface area contributed by atoms with Gasteiger partial charge in [-0.25, -0.2) is 4.79 Å². The lowest BCUT2D eigenvalue weighted by molar-refractivity contribution is -0.116. The van der Waals surface area contributed by atoms with Crippen LogP contribution in [0.15, 0.2) is 51.0 Å². The summed E-state index contributed by atoms with van der Waals surface area (Å²) in [5, 5.41) is 3.46. The maximum atomic E-state index is 12.0. The van der Waals surface area contributed by atoms with Crippen LogP contribution in [0, 0.1) is 0 Å². The third kappa shape index (κ3) is 4.38. The number of H-pyrrole nitrogens is 1. The number of amides is 1. The molecule has 0 bridgehead atoms. The number of aromatic nitrogens is 2. The number of rotatable bonds is 5. The molecule has 1 aromatic heterocycles. The van der Waals surface area contributed by atoms with E-state index in [1.165, 1.54) is 42.8 Å². The smallest absolute Gasteiger partial charge is 0.325 e. The van der Waals surface area contributed by atoms with Crippen molar-refractivity contribution in [3.05, 3.63) is 57.4 Å². The van der Waals surface area contributed by atoms with E-state index in [0.29, 0.717) is 10.9 Å². The van der Waals surface area contributed by atoms with Gasteiger partial charge < -0.3 is 5.32 Å². The third-order valence-corrected chi connectivity index (χ3v) is 5.30. The maximum Gasteiger partial charge on any atom is 0.328 e. The van der Waals surface area contributed by atoms with Gasteiger partial charge in [0.25, 0.3) is 5.56 Å². The standard InChI is InChI=1S/C17H19N3O3S/c21-15-9-10-20(17(23)19-15)11-16(22)18-12-5-7-14(8-6-12)24-13-3-1-2-4-13/h5-10,13H,1-4,11H2,(H,18,22)(H,19,21,23). The lowest BCUT2D eigenvalue weighted by Crippen LogP contribution is -2.32. The SMILES string of the molecule is O=C(Cn1ccc(=O)[nH]c1=O)Nc1ccc(SC2CCCC2)cc1. The molecule has 0 saturated heterocycles. The molecule has 0 atom stereocenters. The second kappa shape index (κ2) is 7.53. The maximum absolute atomic E-state index is 12.0. The average molecular weight is 345 g/mol. The summed E-state index contributed by atoms with van der Waals surface area (Å²) in [5.41, 5.74) is -0.388. The Morgan fingerprint density at radius 1 is 1.17 bits per heavy atom. The van der Waals surface area contributed by atoms with Crippen molar-refractivity contribution in [3.8, 4) is 0 Å². The monoisotopic (exact) mass is 345 g/mol. The summed E-state index contributed by atoms with van der Waals surface area (Å²) in [7, 11) is 0. The van der Waals surface area contributed by atoms with Crippen LogP contribution >= 0.6 is 11.8 Å². The van der Waals surface area contributed by atoms with Crippen molar-refractivity contribution >= 4 is 23.4 Å². The van der Waals surface area contributed by atoms with Gasteiger partial charge in [-0.2, -0.15) is 0 Å². The molecule has 1 fully saturated rings. The van der Waals surface area contributed by atoms with Crippen molar-refractivity contribution in [2.75, 3.05) is 5.32 Å². The van der Waals surface area contributed by atoms with E-state index in [-0.39, 0.29) is 12.5 Å². The highest BCUT2D eigenvalue weighted by Gasteiger charge is 2.16. The van der Waals surface area contributed by atoms with Gasteiger partial charge in [0.15, 0.2) is 0 Å². The van der Waals surface area contributed by atoms with Crippen molar-refractivity contribution in [1.29, 1.82) is 0 Å². The van der Waals surface area contributed by atoms with E-state index in [1.54, 1.807) is 0 Å². The summed E-state index contributed by atoms with van der Waals surface area (Å²) < 4.78 is 1.15. The van der Waals surface area contributed by atoms with E-state index in [1.807, 2.05) is 36.0 Å². The van der Waals surface area contributed by atoms with Crippen molar-refractivity contribution in [3.63, 3.8) is 0 Å². The van der Waals surface area contributed by atoms with Gasteiger partial charge in [0, 0.05) is 28.1 Å². The molecule has 0 radical (unpaired) electrons. The van der Waals surface area contributed by atoms with Gasteiger partial charge in [-0.05, 0) is 37.1 Å². The molecule has 1 heterocycles. The van der Waals surface area contributed by atoms with Crippen molar-refractivity contribution < 1.29 is 4.79 Å². The van der Waals surface area contributed by atoms with E-state index in [4.69, 9.17) is 0 Å². The number of carbonyl (C=O) groups excluding carboxylic acids is 1. The fraction of sp³-hybridized carbons (Fsp3) is 0.353. The first-order valence-electron chi connectivity index (χ1n) is 7.96. The fourth-order valence-corrected chi connectivity index (χ4v) is 3.99. The molecule has 1 saturated carbocycles. The van der Waals surface area contributed by atoms with Crippen molar-refractivity contribution in [2.24, 2.45) is 0 Å². The third-order valence-electron chi connectivity index (χ3n) is 3.95. The Labute approximate surface area is 143 Å². The van der Waals surface area contributed by atoms with Crippen molar-refractivity contribution in [1.82, 2.24) is 9.55 Å². The van der Waals surface area contributed by atoms with Gasteiger partial charge in [0.1, 0.15) is 6.54 Å². The van der Waals surface area contributed by atoms with Gasteiger partial charge in [-0.1, -0.05) is 12.8 Å². The lowest BCUT2D eigenvalue weighted by atomic mass is 10.3. The van der Waals surface area contributed by atoms with E-state index in [9.17, 15) is 14.4 Å². The number of benzene rings is 1. The minimum absolute atomic E-state index is 0.145. The Morgan fingerprint density at radius 3 is 2.54 bits per heavy atom. The number of thioether (sulfide) groups is 1. The summed E-state index contributed by atoms with van der Waals surface area (Å²) in [4.78, 5) is 37.9. The molecule has 1 aromatic carbocycles. The van der Waals surface area contributed by atoms with Gasteiger partial charge in [-0.15, -0.1) is 11.8 Å². The Kier molecular flexibility index (Phi) is 5.20. The summed E-state index contributed by atoms with van der Waals surface area (Å²) >= 11 is 1.89. The molecule has 0 unspecified atom stereocenters. The van der Waals surface area contributed by atoms with Crippen LogP contribution in [0.4, 0.5) is 5.69 Å². The van der Waals surface area contributed by atoms with Crippen LogP contribution in [0.2, 0.25) is 0 Å². The van der Waals surface area contributed by atoms with Gasteiger partial charge in [0.2, 0.25) is 5.91 Å². The zero-order chi connectivity index (χ0) is 16.9. The van der Waals surface area contributed by atoms with Crippen LogP contribution < -0.4 is 16.6 Å². The Bertz CT molecular complexity index is 820. The topological polar surface area (TPSA) is 84.0 Å². The number of nitrogens with zero attached hydrogens (tertiary/aromatic N) is 1. The highest BCUT2D eigenvalue weighted by molar-refractivity contribution is 8.00. The van der Waals surface area contributed by atoms with Gasteiger partial charge in [-0.3, -0.25) is 19.1 Å². The van der Waals surface area contributed by atoms with E-state index in [2.05, 4.69) is 10.3 Å². The molecule has 1 amide bonds. The highest BCUT2D eigenvalue weighted by Crippen LogP contribution is 2.34. The molecule has 24 heavy (non-hydrogen) atoms. The quantitative estimate of drug-likeness (QED) is 0.870. The van der Waals surface area contributed by atoms with E-state index < -0.39 is 11.2 Å². The molecule has 1 aliphatic rings. The fourth-order valence-electron chi connectivity index (χ4n) is 2.74. The zero-order valence-electron chi connectivity index (χ0n) is 13.2. The van der Waals surface area contributed by atoms with Crippen LogP contribution in [0.25, 0.3) is 0 Å². The molecule has 2 aromatic rings. The molecule has 2 N–H and O–H groups in total. The van der Waals surface area contributed by atoms with E-state index in [0.717, 1.165) is 4.57 Å². The number of anilines is 1. The first-order chi connectivity index (χ1) is 11.6. The molecule has 1 aliphatic carbocycles. The highest BCUT2D eigenvalue weighted by atomic mass is 32.2. The van der Waals surface area contributed by atoms with Gasteiger partial charge in [0.05, 0.1) is 0 Å². The molecule has 3 rings (SSSR count). The number of nitrogens with one attached hydrogen (secondary N) is 2. The Morgan fingerprint density at radius 2 is 1.88 bits per heavy atom. The first kappa shape index (κ1) is 16.6. The largest absolute Gasteiger partial charge is 0.328 e. The van der Waals surface area contributed by atoms with Crippen molar-refractivity contribution in [2.45, 2.75) is 42.4 Å². The summed E-state index contributed by atoms with van der Waals surface area (Å²) in [6.07, 6.45) is 6.49. The summed E-state index contributed by atoms with van der Waals surface area (Å²) in [6, 6.07) is 8.95. The Balaban J connectivity index is 1.57. The summed E-state index contributed by atoms with van der Waals surface area (Å²) in [6.45, 7) is -0.145. The second-order valence-corrected chi connectivity index (χ2v) is 7.21. The minimum atomic E-state index is -0.596. The lowest BCUT2D eigenvalue weighted by Gasteiger charge is -2.10. The van der Waals surface area contributed by atoms with Crippen LogP contribution in [-0.2, 0) is 11.3 Å². The number of hydrogen-bond donors (Lipinski definition) is 2. The number of aromatic amines is 1. The number of hydrogen-bond acceptors (Lipinski definition) is 4. The Hall–Kier alpha value is -2.28. The van der Waals surface area contributed by atoms with Crippen LogP contribution in [0.5, 0.6) is 0 Å². The zero-order valence-corrected chi connectivity index (χ0v) is 14.0. The molecular formula is C17H19N3O3S. The molecular weight excluding hydrogens is 326 g/mol. The van der Waals surface area contributed by atoms with Crippen LogP contribution in [-0.4, -0.2) is 20.7 Å². The van der Waals surface area contributed by atoms with Crippen LogP contribution in [0.1, 0.15) is 25.7 Å². The molecule has 126 valence electrons. The van der Waals surface area contributed by atoms with Crippen LogP contribution in [0.3, 0.4) is 0 Å². The van der Waals surface area contributed by atoms with Gasteiger partial charge >= 0.3 is 5.69 Å². The average Bonchev–Trinajstić information content (AvgIpc) is 3.05. The molecule has 6 nitrogen and oxygen atoms in total. The van der Waals surface area contributed by atoms with E-state index >= 15 is 0 Å². The summed E-state index contributed by atoms with van der Waals surface area (Å²) in [5.74, 6) is -0.319. The predicted molar refractivity (Wildman–Crippen MR) is 94.5 cm³/mol. The molecule has 0 aliphatic heterocycles. The first-order valence-corrected chi connectivity index (χ1v) is 8.84. The molecule has 7 heteroatoms. The predicted octanol–water partition coefficient (Wildman–Crippen LogP) is 2.21. The molecule has 0 spiro atoms.